The average molecular weight is 421 g/mol. The monoisotopic (exact) mass is 420 g/mol. The number of hydrogen-bond donors (Lipinski definition) is 2. The third-order valence-corrected chi connectivity index (χ3v) is 6.47. The molecule has 0 fully saturated rings. The maximum atomic E-state index is 10.6. The van der Waals surface area contributed by atoms with E-state index in [2.05, 4.69) is 0 Å². The minimum absolute atomic E-state index is 0.0782. The van der Waals surface area contributed by atoms with Crippen molar-refractivity contribution in [1.82, 2.24) is 0 Å². The highest BCUT2D eigenvalue weighted by Crippen LogP contribution is 2.15. The maximum absolute atomic E-state index is 10.6. The van der Waals surface area contributed by atoms with Crippen LogP contribution >= 0.6 is 0 Å². The van der Waals surface area contributed by atoms with Gasteiger partial charge in [0, 0.05) is 0 Å². The van der Waals surface area contributed by atoms with Gasteiger partial charge < -0.3 is 5.11 Å². The summed E-state index contributed by atoms with van der Waals surface area (Å²) in [7, 11) is -3.76. The first-order chi connectivity index (χ1) is 13.5. The fraction of sp³-hybridized carbons (Fsp3) is 1.00. The van der Waals surface area contributed by atoms with Gasteiger partial charge in [0.2, 0.25) is 0 Å². The van der Waals surface area contributed by atoms with Crippen molar-refractivity contribution in [2.45, 2.75) is 141 Å². The van der Waals surface area contributed by atoms with Crippen LogP contribution in [0.5, 0.6) is 0 Å². The zero-order valence-electron chi connectivity index (χ0n) is 18.5. The van der Waals surface area contributed by atoms with E-state index in [1.807, 2.05) is 6.92 Å². The zero-order chi connectivity index (χ0) is 20.9. The second kappa shape index (κ2) is 20.2. The molecule has 4 nitrogen and oxygen atoms in total. The Hall–Kier alpha value is -0.130. The number of aliphatic hydroxyl groups is 1. The van der Waals surface area contributed by atoms with E-state index in [-0.39, 0.29) is 11.9 Å². The molecule has 0 amide bonds. The molecule has 1 atom stereocenters. The molecule has 0 radical (unpaired) electrons. The largest absolute Gasteiger partial charge is 0.393 e. The van der Waals surface area contributed by atoms with E-state index in [0.717, 1.165) is 25.7 Å². The Labute approximate surface area is 175 Å². The Morgan fingerprint density at radius 2 is 0.857 bits per heavy atom. The predicted molar refractivity (Wildman–Crippen MR) is 120 cm³/mol. The molecule has 0 aromatic carbocycles. The summed E-state index contributed by atoms with van der Waals surface area (Å²) in [4.78, 5) is 0. The van der Waals surface area contributed by atoms with E-state index in [0.29, 0.717) is 6.42 Å². The first kappa shape index (κ1) is 27.9. The van der Waals surface area contributed by atoms with Crippen molar-refractivity contribution in [2.75, 3.05) is 5.75 Å². The first-order valence-corrected chi connectivity index (χ1v) is 13.7. The van der Waals surface area contributed by atoms with Gasteiger partial charge in [0.05, 0.1) is 11.9 Å². The molecule has 5 heteroatoms. The molecular weight excluding hydrogens is 372 g/mol. The van der Waals surface area contributed by atoms with Crippen LogP contribution in [0, 0.1) is 0 Å². The third kappa shape index (κ3) is 23.9. The molecular formula is C23H48O4S. The van der Waals surface area contributed by atoms with Gasteiger partial charge in [-0.2, -0.15) is 8.42 Å². The fourth-order valence-corrected chi connectivity index (χ4v) is 4.27. The van der Waals surface area contributed by atoms with Crippen molar-refractivity contribution < 1.29 is 18.1 Å². The molecule has 0 saturated carbocycles. The van der Waals surface area contributed by atoms with Gasteiger partial charge in [-0.05, 0) is 19.3 Å². The zero-order valence-corrected chi connectivity index (χ0v) is 19.4. The van der Waals surface area contributed by atoms with Crippen molar-refractivity contribution in [2.24, 2.45) is 0 Å². The van der Waals surface area contributed by atoms with E-state index in [1.54, 1.807) is 0 Å². The van der Waals surface area contributed by atoms with Crippen molar-refractivity contribution in [3.8, 4) is 0 Å². The van der Waals surface area contributed by atoms with Gasteiger partial charge in [0.1, 0.15) is 0 Å². The van der Waals surface area contributed by atoms with Gasteiger partial charge in [-0.15, -0.1) is 0 Å². The van der Waals surface area contributed by atoms with Crippen molar-refractivity contribution in [1.29, 1.82) is 0 Å². The number of rotatable bonds is 22. The van der Waals surface area contributed by atoms with Crippen LogP contribution in [0.15, 0.2) is 0 Å². The van der Waals surface area contributed by atoms with Crippen LogP contribution in [0.25, 0.3) is 0 Å². The molecule has 0 spiro atoms. The lowest BCUT2D eigenvalue weighted by Crippen LogP contribution is -2.03. The van der Waals surface area contributed by atoms with E-state index in [9.17, 15) is 13.5 Å². The van der Waals surface area contributed by atoms with Crippen LogP contribution < -0.4 is 0 Å². The minimum atomic E-state index is -3.76. The Morgan fingerprint density at radius 1 is 0.571 bits per heavy atom. The van der Waals surface area contributed by atoms with Crippen LogP contribution in [-0.4, -0.2) is 29.9 Å². The number of unbranched alkanes of at least 4 members (excludes halogenated alkanes) is 17. The number of hydrogen-bond acceptors (Lipinski definition) is 3. The first-order valence-electron chi connectivity index (χ1n) is 12.1. The molecule has 0 rings (SSSR count). The minimum Gasteiger partial charge on any atom is -0.393 e. The SMILES string of the molecule is CCC(O)CCCCCCCCCCCCCCCCCCCCS(=O)(=O)O. The molecule has 170 valence electrons. The molecule has 0 aliphatic rings. The van der Waals surface area contributed by atoms with Crippen LogP contribution in [0.2, 0.25) is 0 Å². The van der Waals surface area contributed by atoms with Crippen molar-refractivity contribution in [3.05, 3.63) is 0 Å². The van der Waals surface area contributed by atoms with Crippen molar-refractivity contribution in [3.63, 3.8) is 0 Å². The molecule has 2 N–H and O–H groups in total. The summed E-state index contributed by atoms with van der Waals surface area (Å²) in [6, 6.07) is 0. The van der Waals surface area contributed by atoms with Gasteiger partial charge in [-0.1, -0.05) is 116 Å². The molecule has 0 aliphatic carbocycles. The van der Waals surface area contributed by atoms with Gasteiger partial charge >= 0.3 is 0 Å². The molecule has 0 saturated heterocycles. The summed E-state index contributed by atoms with van der Waals surface area (Å²) in [6.07, 6.45) is 24.2. The van der Waals surface area contributed by atoms with E-state index in [1.165, 1.54) is 96.3 Å². The Bertz CT molecular complexity index is 409. The lowest BCUT2D eigenvalue weighted by atomic mass is 10.0. The van der Waals surface area contributed by atoms with Crippen LogP contribution in [0.1, 0.15) is 135 Å². The molecule has 0 aromatic rings. The summed E-state index contributed by atoms with van der Waals surface area (Å²) in [5.74, 6) is -0.0863. The molecule has 0 bridgehead atoms. The second-order valence-corrected chi connectivity index (χ2v) is 10.1. The summed E-state index contributed by atoms with van der Waals surface area (Å²) in [5, 5.41) is 9.50. The smallest absolute Gasteiger partial charge is 0.264 e. The second-order valence-electron chi connectivity index (χ2n) is 8.50. The molecule has 0 aliphatic heterocycles. The summed E-state index contributed by atoms with van der Waals surface area (Å²) < 4.78 is 29.8. The van der Waals surface area contributed by atoms with Crippen LogP contribution in [0.4, 0.5) is 0 Å². The quantitative estimate of drug-likeness (QED) is 0.145. The molecule has 0 aromatic heterocycles. The summed E-state index contributed by atoms with van der Waals surface area (Å²) in [5.41, 5.74) is 0. The van der Waals surface area contributed by atoms with Crippen LogP contribution in [0.3, 0.4) is 0 Å². The van der Waals surface area contributed by atoms with Crippen molar-refractivity contribution >= 4 is 10.1 Å². The van der Waals surface area contributed by atoms with Gasteiger partial charge in [-0.25, -0.2) is 0 Å². The maximum Gasteiger partial charge on any atom is 0.264 e. The molecule has 1 unspecified atom stereocenters. The topological polar surface area (TPSA) is 74.6 Å². The highest BCUT2D eigenvalue weighted by Gasteiger charge is 2.03. The summed E-state index contributed by atoms with van der Waals surface area (Å²) in [6.45, 7) is 2.05. The summed E-state index contributed by atoms with van der Waals surface area (Å²) >= 11 is 0. The predicted octanol–water partition coefficient (Wildman–Crippen LogP) is 7.06. The van der Waals surface area contributed by atoms with E-state index >= 15 is 0 Å². The Balaban J connectivity index is 3.07. The molecule has 28 heavy (non-hydrogen) atoms. The standard InChI is InChI=1S/C23H48O4S/c1-2-23(24)21-19-17-15-13-11-9-7-5-3-4-6-8-10-12-14-16-18-20-22-28(25,26)27/h23-24H,2-22H2,1H3,(H,25,26,27). The Morgan fingerprint density at radius 3 is 1.14 bits per heavy atom. The van der Waals surface area contributed by atoms with E-state index < -0.39 is 10.1 Å². The highest BCUT2D eigenvalue weighted by atomic mass is 32.2. The van der Waals surface area contributed by atoms with Gasteiger partial charge in [0.25, 0.3) is 10.1 Å². The average Bonchev–Trinajstić information content (AvgIpc) is 2.65. The number of aliphatic hydroxyl groups excluding tert-OH is 1. The lowest BCUT2D eigenvalue weighted by molar-refractivity contribution is 0.156. The molecule has 0 heterocycles. The van der Waals surface area contributed by atoms with Gasteiger partial charge in [0.15, 0.2) is 0 Å². The third-order valence-electron chi connectivity index (χ3n) is 5.66. The van der Waals surface area contributed by atoms with Gasteiger partial charge in [-0.3, -0.25) is 4.55 Å². The normalized spacial score (nSPS) is 13.1. The van der Waals surface area contributed by atoms with Crippen LogP contribution in [-0.2, 0) is 10.1 Å². The Kier molecular flexibility index (Phi) is 20.1. The lowest BCUT2D eigenvalue weighted by Gasteiger charge is -2.06. The highest BCUT2D eigenvalue weighted by molar-refractivity contribution is 7.85. The van der Waals surface area contributed by atoms with E-state index in [4.69, 9.17) is 4.55 Å². The fourth-order valence-electron chi connectivity index (χ4n) is 3.70.